The summed E-state index contributed by atoms with van der Waals surface area (Å²) in [6.07, 6.45) is 1.38. The van der Waals surface area contributed by atoms with Gasteiger partial charge in [-0.1, -0.05) is 6.07 Å². The fourth-order valence-corrected chi connectivity index (χ4v) is 1.74. The zero-order valence-corrected chi connectivity index (χ0v) is 11.0. The van der Waals surface area contributed by atoms with Crippen molar-refractivity contribution in [1.82, 2.24) is 4.98 Å². The highest BCUT2D eigenvalue weighted by Crippen LogP contribution is 2.20. The SMILES string of the molecule is CNc1cc(C)ncc1C(=O)Nc1cccc(F)c1F. The van der Waals surface area contributed by atoms with Gasteiger partial charge >= 0.3 is 0 Å². The largest absolute Gasteiger partial charge is 0.387 e. The number of carbonyl (C=O) groups excluding carboxylic acids is 1. The Bertz CT molecular complexity index is 659. The summed E-state index contributed by atoms with van der Waals surface area (Å²) in [5.74, 6) is -2.67. The third-order valence-corrected chi connectivity index (χ3v) is 2.75. The molecule has 1 heterocycles. The van der Waals surface area contributed by atoms with E-state index in [0.717, 1.165) is 11.8 Å². The van der Waals surface area contributed by atoms with Crippen LogP contribution in [0.15, 0.2) is 30.5 Å². The molecular weight excluding hydrogens is 264 g/mol. The molecule has 0 unspecified atom stereocenters. The summed E-state index contributed by atoms with van der Waals surface area (Å²) in [5.41, 5.74) is 1.34. The van der Waals surface area contributed by atoms with Crippen molar-refractivity contribution in [2.24, 2.45) is 0 Å². The van der Waals surface area contributed by atoms with Gasteiger partial charge in [0.05, 0.1) is 16.9 Å². The van der Waals surface area contributed by atoms with Crippen molar-refractivity contribution in [2.45, 2.75) is 6.92 Å². The first-order chi connectivity index (χ1) is 9.52. The third kappa shape index (κ3) is 2.74. The van der Waals surface area contributed by atoms with E-state index in [-0.39, 0.29) is 11.3 Å². The van der Waals surface area contributed by atoms with Crippen LogP contribution in [-0.4, -0.2) is 17.9 Å². The Kier molecular flexibility index (Phi) is 3.93. The van der Waals surface area contributed by atoms with Crippen LogP contribution in [-0.2, 0) is 0 Å². The monoisotopic (exact) mass is 277 g/mol. The number of benzene rings is 1. The molecule has 6 heteroatoms. The first-order valence-corrected chi connectivity index (χ1v) is 5.92. The molecule has 1 aromatic heterocycles. The molecule has 1 amide bonds. The van der Waals surface area contributed by atoms with E-state index in [1.54, 1.807) is 20.0 Å². The van der Waals surface area contributed by atoms with Crippen molar-refractivity contribution in [3.05, 3.63) is 53.4 Å². The summed E-state index contributed by atoms with van der Waals surface area (Å²) in [6, 6.07) is 5.28. The number of anilines is 2. The maximum absolute atomic E-state index is 13.5. The molecule has 0 atom stereocenters. The van der Waals surface area contributed by atoms with E-state index in [1.807, 2.05) is 0 Å². The lowest BCUT2D eigenvalue weighted by Gasteiger charge is -2.10. The molecule has 0 aliphatic rings. The fourth-order valence-electron chi connectivity index (χ4n) is 1.74. The number of nitrogens with one attached hydrogen (secondary N) is 2. The van der Waals surface area contributed by atoms with Crippen molar-refractivity contribution in [3.63, 3.8) is 0 Å². The normalized spacial score (nSPS) is 10.2. The number of carbonyl (C=O) groups is 1. The maximum atomic E-state index is 13.5. The number of aryl methyl sites for hydroxylation is 1. The van der Waals surface area contributed by atoms with Crippen molar-refractivity contribution in [1.29, 1.82) is 0 Å². The van der Waals surface area contributed by atoms with Crippen LogP contribution in [0.3, 0.4) is 0 Å². The number of pyridine rings is 1. The summed E-state index contributed by atoms with van der Waals surface area (Å²) in [6.45, 7) is 1.79. The van der Waals surface area contributed by atoms with E-state index in [9.17, 15) is 13.6 Å². The second-order valence-corrected chi connectivity index (χ2v) is 4.18. The summed E-state index contributed by atoms with van der Waals surface area (Å²) in [4.78, 5) is 16.1. The van der Waals surface area contributed by atoms with Gasteiger partial charge in [0.25, 0.3) is 5.91 Å². The van der Waals surface area contributed by atoms with Crippen LogP contribution >= 0.6 is 0 Å². The zero-order valence-electron chi connectivity index (χ0n) is 11.0. The van der Waals surface area contributed by atoms with Crippen LogP contribution in [0.5, 0.6) is 0 Å². The first kappa shape index (κ1) is 13.9. The molecule has 0 bridgehead atoms. The van der Waals surface area contributed by atoms with Crippen LogP contribution in [0.2, 0.25) is 0 Å². The van der Waals surface area contributed by atoms with E-state index in [2.05, 4.69) is 15.6 Å². The zero-order chi connectivity index (χ0) is 14.7. The number of amides is 1. The molecule has 2 rings (SSSR count). The minimum Gasteiger partial charge on any atom is -0.387 e. The molecule has 4 nitrogen and oxygen atoms in total. The Hall–Kier alpha value is -2.50. The average molecular weight is 277 g/mol. The highest BCUT2D eigenvalue weighted by Gasteiger charge is 2.15. The van der Waals surface area contributed by atoms with Crippen molar-refractivity contribution in [2.75, 3.05) is 17.7 Å². The standard InChI is InChI=1S/C14H13F2N3O/c1-8-6-12(17-2)9(7-18-8)14(20)19-11-5-3-4-10(15)13(11)16/h3-7H,1-2H3,(H,17,18)(H,19,20). The van der Waals surface area contributed by atoms with E-state index < -0.39 is 17.5 Å². The molecule has 0 aliphatic carbocycles. The van der Waals surface area contributed by atoms with E-state index in [1.165, 1.54) is 18.3 Å². The molecule has 0 radical (unpaired) electrons. The van der Waals surface area contributed by atoms with Gasteiger partial charge in [-0.3, -0.25) is 9.78 Å². The smallest absolute Gasteiger partial charge is 0.259 e. The van der Waals surface area contributed by atoms with Gasteiger partial charge in [0.1, 0.15) is 0 Å². The molecule has 20 heavy (non-hydrogen) atoms. The topological polar surface area (TPSA) is 54.0 Å². The van der Waals surface area contributed by atoms with Crippen molar-refractivity contribution < 1.29 is 13.6 Å². The second kappa shape index (κ2) is 5.64. The molecule has 0 saturated carbocycles. The van der Waals surface area contributed by atoms with Crippen LogP contribution in [0, 0.1) is 18.6 Å². The van der Waals surface area contributed by atoms with Gasteiger partial charge < -0.3 is 10.6 Å². The maximum Gasteiger partial charge on any atom is 0.259 e. The van der Waals surface area contributed by atoms with Gasteiger partial charge in [0.15, 0.2) is 11.6 Å². The lowest BCUT2D eigenvalue weighted by atomic mass is 10.2. The predicted octanol–water partition coefficient (Wildman–Crippen LogP) is 2.96. The fraction of sp³-hybridized carbons (Fsp3) is 0.143. The first-order valence-electron chi connectivity index (χ1n) is 5.92. The molecular formula is C14H13F2N3O. The number of aromatic nitrogens is 1. The molecule has 0 fully saturated rings. The second-order valence-electron chi connectivity index (χ2n) is 4.18. The Balaban J connectivity index is 2.31. The van der Waals surface area contributed by atoms with Crippen LogP contribution < -0.4 is 10.6 Å². The van der Waals surface area contributed by atoms with Crippen LogP contribution in [0.1, 0.15) is 16.1 Å². The highest BCUT2D eigenvalue weighted by molar-refractivity contribution is 6.07. The number of rotatable bonds is 3. The van der Waals surface area contributed by atoms with Gasteiger partial charge in [-0.05, 0) is 25.1 Å². The van der Waals surface area contributed by atoms with E-state index in [0.29, 0.717) is 5.69 Å². The Morgan fingerprint density at radius 1 is 1.25 bits per heavy atom. The highest BCUT2D eigenvalue weighted by atomic mass is 19.2. The Morgan fingerprint density at radius 3 is 2.70 bits per heavy atom. The molecule has 2 aromatic rings. The molecule has 0 aliphatic heterocycles. The van der Waals surface area contributed by atoms with E-state index in [4.69, 9.17) is 0 Å². The van der Waals surface area contributed by atoms with E-state index >= 15 is 0 Å². The molecule has 2 N–H and O–H groups in total. The van der Waals surface area contributed by atoms with Crippen molar-refractivity contribution in [3.8, 4) is 0 Å². The lowest BCUT2D eigenvalue weighted by molar-refractivity contribution is 0.102. The Morgan fingerprint density at radius 2 is 2.00 bits per heavy atom. The summed E-state index contributed by atoms with van der Waals surface area (Å²) >= 11 is 0. The van der Waals surface area contributed by atoms with Crippen LogP contribution in [0.4, 0.5) is 20.2 Å². The predicted molar refractivity (Wildman–Crippen MR) is 72.8 cm³/mol. The number of hydrogen-bond acceptors (Lipinski definition) is 3. The average Bonchev–Trinajstić information content (AvgIpc) is 2.43. The number of halogens is 2. The molecule has 104 valence electrons. The lowest BCUT2D eigenvalue weighted by Crippen LogP contribution is -2.16. The molecule has 0 saturated heterocycles. The minimum absolute atomic E-state index is 0.211. The number of hydrogen-bond donors (Lipinski definition) is 2. The van der Waals surface area contributed by atoms with Gasteiger partial charge in [-0.2, -0.15) is 0 Å². The number of nitrogens with zero attached hydrogens (tertiary/aromatic N) is 1. The van der Waals surface area contributed by atoms with Gasteiger partial charge in [-0.15, -0.1) is 0 Å². The Labute approximate surface area is 114 Å². The van der Waals surface area contributed by atoms with Crippen LogP contribution in [0.25, 0.3) is 0 Å². The minimum atomic E-state index is -1.09. The quantitative estimate of drug-likeness (QED) is 0.907. The third-order valence-electron chi connectivity index (χ3n) is 2.75. The van der Waals surface area contributed by atoms with Gasteiger partial charge in [0.2, 0.25) is 0 Å². The summed E-state index contributed by atoms with van der Waals surface area (Å²) < 4.78 is 26.6. The summed E-state index contributed by atoms with van der Waals surface area (Å²) in [5, 5.41) is 5.19. The molecule has 0 spiro atoms. The molecule has 1 aromatic carbocycles. The van der Waals surface area contributed by atoms with Gasteiger partial charge in [-0.25, -0.2) is 8.78 Å². The van der Waals surface area contributed by atoms with Gasteiger partial charge in [0, 0.05) is 18.9 Å². The summed E-state index contributed by atoms with van der Waals surface area (Å²) in [7, 11) is 1.66. The van der Waals surface area contributed by atoms with Crippen molar-refractivity contribution >= 4 is 17.3 Å².